The molecule has 0 saturated carbocycles. The Morgan fingerprint density at radius 3 is 2.40 bits per heavy atom. The molecule has 0 radical (unpaired) electrons. The molecule has 108 valence electrons. The van der Waals surface area contributed by atoms with E-state index in [1.807, 2.05) is 0 Å². The van der Waals surface area contributed by atoms with Crippen molar-refractivity contribution in [1.82, 2.24) is 4.90 Å². The van der Waals surface area contributed by atoms with Crippen LogP contribution in [0.25, 0.3) is 0 Å². The maximum absolute atomic E-state index is 11.8. The van der Waals surface area contributed by atoms with Crippen molar-refractivity contribution >= 4 is 11.9 Å². The second-order valence-electron chi connectivity index (χ2n) is 4.64. The smallest absolute Gasteiger partial charge is 0.326 e. The van der Waals surface area contributed by atoms with Crippen molar-refractivity contribution in [3.8, 4) is 11.5 Å². The molecule has 1 aromatic carbocycles. The number of carboxylic acid groups (broad SMARTS) is 1. The highest BCUT2D eigenvalue weighted by atomic mass is 16.5. The largest absolute Gasteiger partial charge is 0.497 e. The fourth-order valence-corrected chi connectivity index (χ4v) is 2.34. The van der Waals surface area contributed by atoms with Crippen LogP contribution in [-0.4, -0.2) is 42.1 Å². The number of nitrogens with zero attached hydrogens (tertiary/aromatic N) is 1. The van der Waals surface area contributed by atoms with Gasteiger partial charge in [0.05, 0.1) is 14.2 Å². The number of carbonyl (C=O) groups excluding carboxylic acids is 1. The van der Waals surface area contributed by atoms with Crippen LogP contribution < -0.4 is 9.47 Å². The third-order valence-corrected chi connectivity index (χ3v) is 3.38. The number of likely N-dealkylation sites (tertiary alicyclic amines) is 1. The van der Waals surface area contributed by atoms with Gasteiger partial charge in [-0.25, -0.2) is 4.79 Å². The van der Waals surface area contributed by atoms with Crippen LogP contribution >= 0.6 is 0 Å². The molecule has 1 aromatic rings. The third-order valence-electron chi connectivity index (χ3n) is 3.38. The molecule has 0 spiro atoms. The van der Waals surface area contributed by atoms with Crippen LogP contribution in [0.15, 0.2) is 18.2 Å². The summed E-state index contributed by atoms with van der Waals surface area (Å²) >= 11 is 0. The molecule has 6 heteroatoms. The number of hydrogen-bond acceptors (Lipinski definition) is 4. The Labute approximate surface area is 116 Å². The fourth-order valence-electron chi connectivity index (χ4n) is 2.34. The maximum Gasteiger partial charge on any atom is 0.326 e. The van der Waals surface area contributed by atoms with Gasteiger partial charge in [0.15, 0.2) is 0 Å². The van der Waals surface area contributed by atoms with Gasteiger partial charge in [-0.05, 0) is 24.1 Å². The van der Waals surface area contributed by atoms with Gasteiger partial charge in [-0.3, -0.25) is 4.79 Å². The molecule has 1 aliphatic heterocycles. The van der Waals surface area contributed by atoms with Gasteiger partial charge in [0.1, 0.15) is 17.5 Å². The number of ether oxygens (including phenoxy) is 2. The van der Waals surface area contributed by atoms with Crippen molar-refractivity contribution in [2.24, 2.45) is 0 Å². The fraction of sp³-hybridized carbons (Fsp3) is 0.429. The topological polar surface area (TPSA) is 76.1 Å². The van der Waals surface area contributed by atoms with Crippen LogP contribution in [0.4, 0.5) is 0 Å². The van der Waals surface area contributed by atoms with E-state index in [1.165, 1.54) is 4.90 Å². The van der Waals surface area contributed by atoms with Crippen molar-refractivity contribution in [2.45, 2.75) is 25.4 Å². The zero-order valence-electron chi connectivity index (χ0n) is 11.5. The molecule has 6 nitrogen and oxygen atoms in total. The monoisotopic (exact) mass is 279 g/mol. The van der Waals surface area contributed by atoms with E-state index in [9.17, 15) is 9.59 Å². The number of amides is 1. The molecule has 1 saturated heterocycles. The first-order valence-corrected chi connectivity index (χ1v) is 6.29. The highest BCUT2D eigenvalue weighted by molar-refractivity contribution is 5.87. The van der Waals surface area contributed by atoms with E-state index in [2.05, 4.69) is 0 Å². The minimum Gasteiger partial charge on any atom is -0.497 e. The summed E-state index contributed by atoms with van der Waals surface area (Å²) in [5.41, 5.74) is 0.780. The van der Waals surface area contributed by atoms with E-state index >= 15 is 0 Å². The predicted molar refractivity (Wildman–Crippen MR) is 70.8 cm³/mol. The Bertz CT molecular complexity index is 506. The van der Waals surface area contributed by atoms with E-state index in [-0.39, 0.29) is 18.9 Å². The third kappa shape index (κ3) is 2.84. The molecule has 20 heavy (non-hydrogen) atoms. The standard InChI is InChI=1S/C14H17NO5/c1-19-10-5-9(6-11(7-10)20-2)8-15-12(14(17)18)3-4-13(15)16/h5-7,12H,3-4,8H2,1-2H3,(H,17,18). The zero-order chi connectivity index (χ0) is 14.7. The van der Waals surface area contributed by atoms with Crippen LogP contribution in [0, 0.1) is 0 Å². The number of carboxylic acids is 1. The van der Waals surface area contributed by atoms with Gasteiger partial charge in [0.25, 0.3) is 0 Å². The van der Waals surface area contributed by atoms with E-state index in [4.69, 9.17) is 14.6 Å². The lowest BCUT2D eigenvalue weighted by Gasteiger charge is -2.22. The first kappa shape index (κ1) is 14.2. The summed E-state index contributed by atoms with van der Waals surface area (Å²) in [4.78, 5) is 24.3. The maximum atomic E-state index is 11.8. The number of aliphatic carboxylic acids is 1. The molecule has 1 amide bonds. The Morgan fingerprint density at radius 1 is 1.30 bits per heavy atom. The number of carbonyl (C=O) groups is 2. The van der Waals surface area contributed by atoms with Crippen LogP contribution in [0.2, 0.25) is 0 Å². The Kier molecular flexibility index (Phi) is 4.12. The van der Waals surface area contributed by atoms with Crippen molar-refractivity contribution in [3.63, 3.8) is 0 Å². The molecule has 2 rings (SSSR count). The summed E-state index contributed by atoms with van der Waals surface area (Å²) in [5, 5.41) is 9.14. The molecular weight excluding hydrogens is 262 g/mol. The van der Waals surface area contributed by atoms with E-state index in [1.54, 1.807) is 32.4 Å². The number of rotatable bonds is 5. The molecule has 1 N–H and O–H groups in total. The molecule has 1 unspecified atom stereocenters. The van der Waals surface area contributed by atoms with Gasteiger partial charge in [0.2, 0.25) is 5.91 Å². The summed E-state index contributed by atoms with van der Waals surface area (Å²) in [6, 6.07) is 4.52. The Hall–Kier alpha value is -2.24. The van der Waals surface area contributed by atoms with Crippen molar-refractivity contribution < 1.29 is 24.2 Å². The van der Waals surface area contributed by atoms with Gasteiger partial charge in [-0.2, -0.15) is 0 Å². The highest BCUT2D eigenvalue weighted by Crippen LogP contribution is 2.26. The molecule has 1 heterocycles. The van der Waals surface area contributed by atoms with Crippen LogP contribution in [0.3, 0.4) is 0 Å². The average Bonchev–Trinajstić information content (AvgIpc) is 2.80. The summed E-state index contributed by atoms with van der Waals surface area (Å²) in [7, 11) is 3.08. The summed E-state index contributed by atoms with van der Waals surface area (Å²) < 4.78 is 10.3. The van der Waals surface area contributed by atoms with Crippen LogP contribution in [0.1, 0.15) is 18.4 Å². The molecule has 0 aromatic heterocycles. The lowest BCUT2D eigenvalue weighted by atomic mass is 10.1. The van der Waals surface area contributed by atoms with E-state index in [0.29, 0.717) is 17.9 Å². The number of hydrogen-bond donors (Lipinski definition) is 1. The molecule has 0 aliphatic carbocycles. The zero-order valence-corrected chi connectivity index (χ0v) is 11.5. The number of methoxy groups -OCH3 is 2. The van der Waals surface area contributed by atoms with Gasteiger partial charge in [0, 0.05) is 19.0 Å². The highest BCUT2D eigenvalue weighted by Gasteiger charge is 2.35. The lowest BCUT2D eigenvalue weighted by molar-refractivity contribution is -0.146. The minimum absolute atomic E-state index is 0.140. The predicted octanol–water partition coefficient (Wildman–Crippen LogP) is 1.28. The van der Waals surface area contributed by atoms with E-state index in [0.717, 1.165) is 5.56 Å². The summed E-state index contributed by atoms with van der Waals surface area (Å²) in [6.45, 7) is 0.239. The van der Waals surface area contributed by atoms with Crippen molar-refractivity contribution in [2.75, 3.05) is 14.2 Å². The summed E-state index contributed by atoms with van der Waals surface area (Å²) in [6.07, 6.45) is 0.632. The van der Waals surface area contributed by atoms with Crippen molar-refractivity contribution in [1.29, 1.82) is 0 Å². The van der Waals surface area contributed by atoms with Gasteiger partial charge >= 0.3 is 5.97 Å². The molecule has 0 bridgehead atoms. The number of benzene rings is 1. The van der Waals surface area contributed by atoms with Gasteiger partial charge in [-0.1, -0.05) is 0 Å². The molecule has 1 aliphatic rings. The average molecular weight is 279 g/mol. The minimum atomic E-state index is -0.967. The molecule has 1 atom stereocenters. The first-order valence-electron chi connectivity index (χ1n) is 6.29. The van der Waals surface area contributed by atoms with Gasteiger partial charge < -0.3 is 19.5 Å². The molecular formula is C14H17NO5. The Balaban J connectivity index is 2.24. The van der Waals surface area contributed by atoms with Crippen LogP contribution in [0.5, 0.6) is 11.5 Å². The normalized spacial score (nSPS) is 18.2. The SMILES string of the molecule is COc1cc(CN2C(=O)CCC2C(=O)O)cc(OC)c1. The molecule has 1 fully saturated rings. The van der Waals surface area contributed by atoms with Crippen molar-refractivity contribution in [3.05, 3.63) is 23.8 Å². The quantitative estimate of drug-likeness (QED) is 0.878. The van der Waals surface area contributed by atoms with Gasteiger partial charge in [-0.15, -0.1) is 0 Å². The van der Waals surface area contributed by atoms with E-state index < -0.39 is 12.0 Å². The summed E-state index contributed by atoms with van der Waals surface area (Å²) in [5.74, 6) is 0.112. The lowest BCUT2D eigenvalue weighted by Crippen LogP contribution is -2.37. The second-order valence-corrected chi connectivity index (χ2v) is 4.64. The Morgan fingerprint density at radius 2 is 1.90 bits per heavy atom. The second kappa shape index (κ2) is 5.81. The van der Waals surface area contributed by atoms with Crippen LogP contribution in [-0.2, 0) is 16.1 Å². The first-order chi connectivity index (χ1) is 9.55.